The van der Waals surface area contributed by atoms with Gasteiger partial charge in [-0.25, -0.2) is 0 Å². The molecule has 0 nitrogen and oxygen atoms in total. The number of rotatable bonds is 4. The topological polar surface area (TPSA) is 0 Å². The van der Waals surface area contributed by atoms with Crippen LogP contribution in [0.25, 0.3) is 0 Å². The molecule has 1 rings (SSSR count). The largest absolute Gasteiger partial charge is 0.165 e. The van der Waals surface area contributed by atoms with Crippen LogP contribution >= 0.6 is 11.8 Å². The van der Waals surface area contributed by atoms with Crippen molar-refractivity contribution >= 4 is 11.8 Å². The van der Waals surface area contributed by atoms with Gasteiger partial charge in [-0.05, 0) is 34.8 Å². The molecule has 0 aliphatic heterocycles. The van der Waals surface area contributed by atoms with Crippen LogP contribution in [-0.2, 0) is 5.41 Å². The molecule has 0 aliphatic carbocycles. The Kier molecular flexibility index (Phi) is 4.49. The molecule has 0 aromatic heterocycles. The summed E-state index contributed by atoms with van der Waals surface area (Å²) in [6, 6.07) is 10.9. The minimum Gasteiger partial charge on any atom is -0.165 e. The molecular weight excluding hydrogens is 212 g/mol. The van der Waals surface area contributed by atoms with Gasteiger partial charge in [0.25, 0.3) is 0 Å². The van der Waals surface area contributed by atoms with Gasteiger partial charge in [0, 0.05) is 0 Å². The molecule has 0 radical (unpaired) electrons. The first kappa shape index (κ1) is 13.6. The first-order valence-electron chi connectivity index (χ1n) is 5.96. The van der Waals surface area contributed by atoms with Gasteiger partial charge >= 0.3 is 0 Å². The summed E-state index contributed by atoms with van der Waals surface area (Å²) in [7, 11) is 0. The van der Waals surface area contributed by atoms with Gasteiger partial charge in [0.1, 0.15) is 0 Å². The molecule has 0 heterocycles. The van der Waals surface area contributed by atoms with E-state index in [-0.39, 0.29) is 5.41 Å². The van der Waals surface area contributed by atoms with Crippen LogP contribution in [-0.4, -0.2) is 12.0 Å². The molecule has 1 atom stereocenters. The zero-order valence-electron chi connectivity index (χ0n) is 11.2. The molecule has 0 N–H and O–H groups in total. The lowest BCUT2D eigenvalue weighted by Crippen LogP contribution is -2.37. The molecule has 0 bridgehead atoms. The Morgan fingerprint density at radius 3 is 2.00 bits per heavy atom. The Morgan fingerprint density at radius 1 is 1.00 bits per heavy atom. The molecule has 1 heteroatoms. The van der Waals surface area contributed by atoms with Gasteiger partial charge in [-0.15, -0.1) is 0 Å². The van der Waals surface area contributed by atoms with Gasteiger partial charge in [-0.2, -0.15) is 11.8 Å². The Balaban J connectivity index is 3.05. The summed E-state index contributed by atoms with van der Waals surface area (Å²) in [4.78, 5) is 0. The number of thioether (sulfide) groups is 1. The smallest absolute Gasteiger partial charge is 0.00190 e. The second-order valence-corrected chi connectivity index (χ2v) is 6.68. The maximum Gasteiger partial charge on any atom is -0.00190 e. The van der Waals surface area contributed by atoms with Gasteiger partial charge in [-0.1, -0.05) is 58.0 Å². The van der Waals surface area contributed by atoms with Crippen LogP contribution < -0.4 is 0 Å². The van der Waals surface area contributed by atoms with Crippen molar-refractivity contribution in [2.45, 2.75) is 39.5 Å². The highest BCUT2D eigenvalue weighted by atomic mass is 32.2. The molecule has 1 unspecified atom stereocenters. The van der Waals surface area contributed by atoms with Crippen molar-refractivity contribution in [3.05, 3.63) is 35.9 Å². The van der Waals surface area contributed by atoms with Crippen molar-refractivity contribution in [3.8, 4) is 0 Å². The van der Waals surface area contributed by atoms with Crippen LogP contribution in [0.5, 0.6) is 0 Å². The predicted molar refractivity (Wildman–Crippen MR) is 76.2 cm³/mol. The summed E-state index contributed by atoms with van der Waals surface area (Å²) < 4.78 is 0. The monoisotopic (exact) mass is 236 g/mol. The van der Waals surface area contributed by atoms with Crippen molar-refractivity contribution in [1.29, 1.82) is 0 Å². The van der Waals surface area contributed by atoms with Crippen molar-refractivity contribution in [1.82, 2.24) is 0 Å². The van der Waals surface area contributed by atoms with Crippen molar-refractivity contribution < 1.29 is 0 Å². The third-order valence-corrected chi connectivity index (χ3v) is 4.48. The van der Waals surface area contributed by atoms with E-state index in [1.54, 1.807) is 0 Å². The molecule has 0 spiro atoms. The van der Waals surface area contributed by atoms with Crippen LogP contribution in [0.3, 0.4) is 0 Å². The molecule has 16 heavy (non-hydrogen) atoms. The van der Waals surface area contributed by atoms with Crippen LogP contribution in [0.2, 0.25) is 0 Å². The normalized spacial score (nSPS) is 15.8. The van der Waals surface area contributed by atoms with Gasteiger partial charge in [0.05, 0.1) is 0 Å². The number of hydrogen-bond acceptors (Lipinski definition) is 1. The highest BCUT2D eigenvalue weighted by molar-refractivity contribution is 7.98. The van der Waals surface area contributed by atoms with Gasteiger partial charge in [0.15, 0.2) is 0 Å². The lowest BCUT2D eigenvalue weighted by atomic mass is 9.62. The van der Waals surface area contributed by atoms with E-state index in [9.17, 15) is 0 Å². The van der Waals surface area contributed by atoms with Crippen molar-refractivity contribution in [2.24, 2.45) is 5.41 Å². The first-order chi connectivity index (χ1) is 7.42. The molecule has 0 saturated heterocycles. The fraction of sp³-hybridized carbons (Fsp3) is 0.600. The average molecular weight is 236 g/mol. The van der Waals surface area contributed by atoms with E-state index in [1.165, 1.54) is 17.7 Å². The van der Waals surface area contributed by atoms with Crippen LogP contribution in [0, 0.1) is 5.41 Å². The predicted octanol–water partition coefficient (Wildman–Crippen LogP) is 4.74. The molecule has 0 fully saturated rings. The molecule has 1 aromatic rings. The summed E-state index contributed by atoms with van der Waals surface area (Å²) in [6.45, 7) is 9.44. The molecule has 1 aromatic carbocycles. The van der Waals surface area contributed by atoms with Gasteiger partial charge in [0.2, 0.25) is 0 Å². The standard InChI is InChI=1S/C15H24S/c1-14(2,3)15(4,11-12-16-5)13-9-7-6-8-10-13/h6-10H,11-12H2,1-5H3. The van der Waals surface area contributed by atoms with Crippen LogP contribution in [0.1, 0.15) is 39.7 Å². The summed E-state index contributed by atoms with van der Waals surface area (Å²) in [5.74, 6) is 1.22. The highest BCUT2D eigenvalue weighted by Crippen LogP contribution is 2.44. The zero-order valence-corrected chi connectivity index (χ0v) is 12.0. The quantitative estimate of drug-likeness (QED) is 0.727. The van der Waals surface area contributed by atoms with Gasteiger partial charge < -0.3 is 0 Å². The Hall–Kier alpha value is -0.430. The third-order valence-electron chi connectivity index (χ3n) is 3.87. The molecule has 90 valence electrons. The SMILES string of the molecule is CSCCC(C)(c1ccccc1)C(C)(C)C. The average Bonchev–Trinajstić information content (AvgIpc) is 2.25. The second kappa shape index (κ2) is 5.27. The summed E-state index contributed by atoms with van der Waals surface area (Å²) in [5.41, 5.74) is 2.03. The van der Waals surface area contributed by atoms with E-state index in [4.69, 9.17) is 0 Å². The molecular formula is C15H24S. The van der Waals surface area contributed by atoms with Gasteiger partial charge in [-0.3, -0.25) is 0 Å². The molecule has 0 aliphatic rings. The van der Waals surface area contributed by atoms with Crippen LogP contribution in [0.4, 0.5) is 0 Å². The Bertz CT molecular complexity index is 310. The van der Waals surface area contributed by atoms with E-state index in [0.29, 0.717) is 5.41 Å². The summed E-state index contributed by atoms with van der Waals surface area (Å²) in [6.07, 6.45) is 3.43. The van der Waals surface area contributed by atoms with Crippen molar-refractivity contribution in [3.63, 3.8) is 0 Å². The Morgan fingerprint density at radius 2 is 1.56 bits per heavy atom. The van der Waals surface area contributed by atoms with Crippen LogP contribution in [0.15, 0.2) is 30.3 Å². The number of hydrogen-bond donors (Lipinski definition) is 0. The lowest BCUT2D eigenvalue weighted by molar-refractivity contribution is 0.197. The third kappa shape index (κ3) is 2.82. The van der Waals surface area contributed by atoms with E-state index in [0.717, 1.165) is 0 Å². The highest BCUT2D eigenvalue weighted by Gasteiger charge is 2.38. The maximum absolute atomic E-state index is 2.40. The molecule has 0 amide bonds. The fourth-order valence-electron chi connectivity index (χ4n) is 2.06. The Labute approximate surface area is 105 Å². The van der Waals surface area contributed by atoms with E-state index in [1.807, 2.05) is 11.8 Å². The van der Waals surface area contributed by atoms with E-state index in [2.05, 4.69) is 64.3 Å². The first-order valence-corrected chi connectivity index (χ1v) is 7.36. The summed E-state index contributed by atoms with van der Waals surface area (Å²) in [5, 5.41) is 0. The second-order valence-electron chi connectivity index (χ2n) is 5.69. The zero-order chi connectivity index (χ0) is 12.2. The van der Waals surface area contributed by atoms with E-state index >= 15 is 0 Å². The fourth-order valence-corrected chi connectivity index (χ4v) is 2.68. The summed E-state index contributed by atoms with van der Waals surface area (Å²) >= 11 is 1.94. The van der Waals surface area contributed by atoms with E-state index < -0.39 is 0 Å². The molecule has 0 saturated carbocycles. The minimum absolute atomic E-state index is 0.261. The minimum atomic E-state index is 0.261. The number of benzene rings is 1. The maximum atomic E-state index is 2.40. The van der Waals surface area contributed by atoms with Crippen molar-refractivity contribution in [2.75, 3.05) is 12.0 Å². The lowest BCUT2D eigenvalue weighted by Gasteiger charge is -2.43.